The number of nitrogens with one attached hydrogen (secondary N) is 2. The Morgan fingerprint density at radius 1 is 1.33 bits per heavy atom. The van der Waals surface area contributed by atoms with E-state index >= 15 is 0 Å². The Balaban J connectivity index is 0.00000456. The third kappa shape index (κ3) is 6.90. The quantitative estimate of drug-likeness (QED) is 0.216. The summed E-state index contributed by atoms with van der Waals surface area (Å²) in [6.45, 7) is 6.71. The van der Waals surface area contributed by atoms with Crippen molar-refractivity contribution in [1.29, 1.82) is 0 Å². The van der Waals surface area contributed by atoms with Crippen molar-refractivity contribution >= 4 is 87.2 Å². The molecule has 1 fully saturated rings. The van der Waals surface area contributed by atoms with Crippen LogP contribution in [0, 0.1) is 0 Å². The molecule has 0 aromatic carbocycles. The number of aromatic nitrogens is 1. The Morgan fingerprint density at radius 2 is 2.03 bits per heavy atom. The molecule has 0 aliphatic carbocycles. The van der Waals surface area contributed by atoms with E-state index < -0.39 is 47.5 Å². The van der Waals surface area contributed by atoms with Crippen molar-refractivity contribution in [2.24, 2.45) is 0 Å². The standard InChI is InChI=1S/C22H28N4O7S2.Na.H/c1-5-6-7-12(13-10-35-20(23-13)25-21(32)33-22(2,3)4)16(28)24-14-17(29)26-15(19(30)31)11(8-27)9-34-18(14)26;;/h7,10,14,18,27H,5-6,8-9H2,1-4H3,(H,24,28)(H,30,31)(H,23,25,32);;/b12-7+;;/t14-,18-;;/m1../s1. The van der Waals surface area contributed by atoms with E-state index in [1.54, 1.807) is 32.2 Å². The van der Waals surface area contributed by atoms with Crippen molar-refractivity contribution in [2.75, 3.05) is 17.7 Å². The van der Waals surface area contributed by atoms with Crippen LogP contribution >= 0.6 is 23.1 Å². The van der Waals surface area contributed by atoms with Gasteiger partial charge in [0.05, 0.1) is 17.9 Å². The normalized spacial score (nSPS) is 19.6. The number of allylic oxidation sites excluding steroid dienone is 1. The number of ether oxygens (including phenoxy) is 1. The summed E-state index contributed by atoms with van der Waals surface area (Å²) < 4.78 is 5.22. The SMILES string of the molecule is CCC/C=C(/C(=O)N[C@@H]1C(=O)N2C(C(=O)O)=C(CO)CS[C@H]12)c1csc(NC(=O)OC(C)(C)C)n1.[NaH]. The van der Waals surface area contributed by atoms with E-state index in [0.29, 0.717) is 12.1 Å². The Labute approximate surface area is 239 Å². The molecule has 2 aliphatic rings. The fraction of sp³-hybridized carbons (Fsp3) is 0.500. The minimum atomic E-state index is -1.30. The first-order valence-corrected chi connectivity index (χ1v) is 12.9. The summed E-state index contributed by atoms with van der Waals surface area (Å²) in [5, 5.41) is 25.5. The van der Waals surface area contributed by atoms with Crippen LogP contribution in [0.3, 0.4) is 0 Å². The van der Waals surface area contributed by atoms with Gasteiger partial charge in [0, 0.05) is 11.1 Å². The maximum atomic E-state index is 13.2. The molecule has 0 bridgehead atoms. The molecular weight excluding hydrogens is 519 g/mol. The predicted molar refractivity (Wildman–Crippen MR) is 139 cm³/mol. The number of aliphatic hydroxyl groups excluding tert-OH is 1. The summed E-state index contributed by atoms with van der Waals surface area (Å²) in [6.07, 6.45) is 2.41. The number of hydrogen-bond donors (Lipinski definition) is 4. The van der Waals surface area contributed by atoms with E-state index in [4.69, 9.17) is 4.74 Å². The van der Waals surface area contributed by atoms with Crippen LogP contribution in [0.15, 0.2) is 22.7 Å². The van der Waals surface area contributed by atoms with Crippen molar-refractivity contribution < 1.29 is 34.1 Å². The van der Waals surface area contributed by atoms with Gasteiger partial charge in [-0.3, -0.25) is 19.8 Å². The second-order valence-corrected chi connectivity index (χ2v) is 10.8. The summed E-state index contributed by atoms with van der Waals surface area (Å²) in [4.78, 5) is 55.0. The van der Waals surface area contributed by atoms with Gasteiger partial charge in [0.25, 0.3) is 11.8 Å². The van der Waals surface area contributed by atoms with Crippen LogP contribution in [-0.4, -0.2) is 103 Å². The van der Waals surface area contributed by atoms with Gasteiger partial charge in [0.2, 0.25) is 0 Å². The van der Waals surface area contributed by atoms with Gasteiger partial charge in [0.1, 0.15) is 22.7 Å². The fourth-order valence-electron chi connectivity index (χ4n) is 3.47. The van der Waals surface area contributed by atoms with Crippen LogP contribution in [0.2, 0.25) is 0 Å². The number of thiazole rings is 1. The molecule has 0 saturated carbocycles. The van der Waals surface area contributed by atoms with Gasteiger partial charge in [-0.1, -0.05) is 19.4 Å². The number of amides is 3. The molecule has 0 radical (unpaired) electrons. The van der Waals surface area contributed by atoms with Gasteiger partial charge >= 0.3 is 41.6 Å². The van der Waals surface area contributed by atoms with Gasteiger partial charge in [-0.2, -0.15) is 0 Å². The molecule has 14 heteroatoms. The van der Waals surface area contributed by atoms with Gasteiger partial charge in [-0.25, -0.2) is 14.6 Å². The Kier molecular flexibility index (Phi) is 10.6. The molecule has 2 atom stereocenters. The van der Waals surface area contributed by atoms with E-state index in [2.05, 4.69) is 15.6 Å². The number of carbonyl (C=O) groups excluding carboxylic acids is 3. The van der Waals surface area contributed by atoms with Crippen molar-refractivity contribution in [3.63, 3.8) is 0 Å². The summed E-state index contributed by atoms with van der Waals surface area (Å²) in [5.41, 5.74) is -0.0682. The number of hydrogen-bond acceptors (Lipinski definition) is 9. The number of carbonyl (C=O) groups is 4. The zero-order valence-corrected chi connectivity index (χ0v) is 21.4. The number of carboxylic acids is 1. The fourth-order valence-corrected chi connectivity index (χ4v) is 5.50. The van der Waals surface area contributed by atoms with Crippen molar-refractivity contribution in [2.45, 2.75) is 57.6 Å². The molecule has 3 heterocycles. The second-order valence-electron chi connectivity index (χ2n) is 8.85. The monoisotopic (exact) mass is 548 g/mol. The number of fused-ring (bicyclic) bond motifs is 1. The second kappa shape index (κ2) is 12.6. The van der Waals surface area contributed by atoms with Crippen LogP contribution in [0.4, 0.5) is 9.93 Å². The van der Waals surface area contributed by atoms with E-state index in [1.165, 1.54) is 11.8 Å². The van der Waals surface area contributed by atoms with Gasteiger partial charge in [-0.05, 0) is 32.8 Å². The molecule has 3 amide bonds. The third-order valence-corrected chi connectivity index (χ3v) is 7.09. The average Bonchev–Trinajstić information content (AvgIpc) is 3.22. The molecule has 11 nitrogen and oxygen atoms in total. The van der Waals surface area contributed by atoms with Crippen LogP contribution in [0.5, 0.6) is 0 Å². The number of carboxylic acid groups (broad SMARTS) is 1. The number of aliphatic carboxylic acids is 1. The van der Waals surface area contributed by atoms with Gasteiger partial charge < -0.3 is 20.3 Å². The summed E-state index contributed by atoms with van der Waals surface area (Å²) in [5.74, 6) is -2.14. The van der Waals surface area contributed by atoms with Crippen LogP contribution in [-0.2, 0) is 19.1 Å². The maximum absolute atomic E-state index is 13.2. The number of unbranched alkanes of at least 4 members (excludes halogenated alkanes) is 1. The molecule has 0 spiro atoms. The van der Waals surface area contributed by atoms with E-state index in [0.717, 1.165) is 22.7 Å². The van der Waals surface area contributed by atoms with E-state index in [1.807, 2.05) is 6.92 Å². The zero-order valence-electron chi connectivity index (χ0n) is 19.8. The first kappa shape index (κ1) is 30.3. The summed E-state index contributed by atoms with van der Waals surface area (Å²) >= 11 is 2.40. The zero-order chi connectivity index (χ0) is 25.9. The number of β-lactam (4-membered cyclic amide) rings is 1. The Bertz CT molecular complexity index is 1100. The van der Waals surface area contributed by atoms with Crippen LogP contribution in [0.25, 0.3) is 5.57 Å². The van der Waals surface area contributed by atoms with Gasteiger partial charge in [0.15, 0.2) is 5.13 Å². The number of nitrogens with zero attached hydrogens (tertiary/aromatic N) is 2. The van der Waals surface area contributed by atoms with Crippen LogP contribution in [0.1, 0.15) is 46.2 Å². The molecule has 1 aromatic rings. The molecular formula is C22H29N4NaO7S2. The molecule has 36 heavy (non-hydrogen) atoms. The molecule has 3 rings (SSSR count). The molecule has 192 valence electrons. The van der Waals surface area contributed by atoms with Crippen molar-refractivity contribution in [3.05, 3.63) is 28.4 Å². The molecule has 1 aromatic heterocycles. The summed E-state index contributed by atoms with van der Waals surface area (Å²) in [6, 6.07) is -0.912. The number of aliphatic hydroxyl groups is 1. The molecule has 1 saturated heterocycles. The average molecular weight is 549 g/mol. The third-order valence-electron chi connectivity index (χ3n) is 5.00. The van der Waals surface area contributed by atoms with E-state index in [9.17, 15) is 29.4 Å². The van der Waals surface area contributed by atoms with Gasteiger partial charge in [-0.15, -0.1) is 23.1 Å². The van der Waals surface area contributed by atoms with Crippen LogP contribution < -0.4 is 10.6 Å². The minimum absolute atomic E-state index is 0. The first-order valence-electron chi connectivity index (χ1n) is 10.9. The predicted octanol–water partition coefficient (Wildman–Crippen LogP) is 1.76. The van der Waals surface area contributed by atoms with E-state index in [-0.39, 0.29) is 57.3 Å². The topological polar surface area (TPSA) is 158 Å². The number of anilines is 1. The number of rotatable bonds is 8. The Morgan fingerprint density at radius 3 is 2.61 bits per heavy atom. The molecule has 4 N–H and O–H groups in total. The first-order chi connectivity index (χ1) is 16.5. The molecule has 0 unspecified atom stereocenters. The van der Waals surface area contributed by atoms with Crippen molar-refractivity contribution in [1.82, 2.24) is 15.2 Å². The molecule has 2 aliphatic heterocycles. The number of thioether (sulfide) groups is 1. The van der Waals surface area contributed by atoms with Crippen molar-refractivity contribution in [3.8, 4) is 0 Å². The Hall–Kier alpha value is -1.90. The summed E-state index contributed by atoms with van der Waals surface area (Å²) in [7, 11) is 0.